The predicted molar refractivity (Wildman–Crippen MR) is 68.6 cm³/mol. The molecule has 0 aliphatic heterocycles. The Labute approximate surface area is 98.9 Å². The van der Waals surface area contributed by atoms with E-state index in [4.69, 9.17) is 0 Å². The predicted octanol–water partition coefficient (Wildman–Crippen LogP) is 1.55. The smallest absolute Gasteiger partial charge is 0.0270 e. The number of hydrogen-bond acceptors (Lipinski definition) is 3. The van der Waals surface area contributed by atoms with Gasteiger partial charge in [-0.1, -0.05) is 6.92 Å². The highest BCUT2D eigenvalue weighted by atomic mass is 15.1. The normalized spacial score (nSPS) is 13.0. The van der Waals surface area contributed by atoms with Gasteiger partial charge in [0.25, 0.3) is 0 Å². The first-order valence-electron chi connectivity index (χ1n) is 5.99. The van der Waals surface area contributed by atoms with Crippen LogP contribution >= 0.6 is 0 Å². The highest BCUT2D eigenvalue weighted by Crippen LogP contribution is 2.02. The zero-order valence-corrected chi connectivity index (χ0v) is 10.6. The maximum Gasteiger partial charge on any atom is 0.0270 e. The van der Waals surface area contributed by atoms with Crippen LogP contribution < -0.4 is 5.32 Å². The number of rotatable bonds is 7. The van der Waals surface area contributed by atoms with E-state index in [9.17, 15) is 0 Å². The maximum absolute atomic E-state index is 4.04. The minimum Gasteiger partial charge on any atom is -0.312 e. The van der Waals surface area contributed by atoms with Crippen LogP contribution in [0.4, 0.5) is 0 Å². The van der Waals surface area contributed by atoms with Crippen LogP contribution in [0, 0.1) is 0 Å². The zero-order chi connectivity index (χ0) is 11.8. The summed E-state index contributed by atoms with van der Waals surface area (Å²) < 4.78 is 0. The first-order chi connectivity index (χ1) is 7.72. The molecule has 0 aromatic carbocycles. The Hall–Kier alpha value is -0.930. The van der Waals surface area contributed by atoms with E-state index in [1.165, 1.54) is 12.0 Å². The summed E-state index contributed by atoms with van der Waals surface area (Å²) >= 11 is 0. The Bertz CT molecular complexity index is 272. The molecule has 16 heavy (non-hydrogen) atoms. The molecule has 1 rings (SSSR count). The third-order valence-corrected chi connectivity index (χ3v) is 2.50. The van der Waals surface area contributed by atoms with Gasteiger partial charge >= 0.3 is 0 Å². The van der Waals surface area contributed by atoms with E-state index in [0.717, 1.165) is 19.5 Å². The van der Waals surface area contributed by atoms with E-state index in [2.05, 4.69) is 48.4 Å². The molecule has 3 heteroatoms. The van der Waals surface area contributed by atoms with Crippen LogP contribution in [0.1, 0.15) is 18.9 Å². The molecule has 1 N–H and O–H groups in total. The van der Waals surface area contributed by atoms with Gasteiger partial charge in [-0.2, -0.15) is 0 Å². The van der Waals surface area contributed by atoms with E-state index in [-0.39, 0.29) is 0 Å². The Morgan fingerprint density at radius 1 is 1.31 bits per heavy atom. The number of nitrogens with one attached hydrogen (secondary N) is 1. The second-order valence-electron chi connectivity index (χ2n) is 4.47. The van der Waals surface area contributed by atoms with Crippen molar-refractivity contribution in [3.05, 3.63) is 30.1 Å². The molecule has 0 saturated heterocycles. The summed E-state index contributed by atoms with van der Waals surface area (Å²) in [6, 6.07) is 4.71. The topological polar surface area (TPSA) is 28.2 Å². The number of hydrogen-bond donors (Lipinski definition) is 1. The highest BCUT2D eigenvalue weighted by molar-refractivity contribution is 5.11. The van der Waals surface area contributed by atoms with Crippen LogP contribution in [0.25, 0.3) is 0 Å². The quantitative estimate of drug-likeness (QED) is 0.757. The van der Waals surface area contributed by atoms with Crippen molar-refractivity contribution in [2.75, 3.05) is 27.2 Å². The van der Waals surface area contributed by atoms with Gasteiger partial charge in [-0.05, 0) is 51.2 Å². The number of aromatic nitrogens is 1. The van der Waals surface area contributed by atoms with Gasteiger partial charge in [0.15, 0.2) is 0 Å². The van der Waals surface area contributed by atoms with E-state index >= 15 is 0 Å². The lowest BCUT2D eigenvalue weighted by atomic mass is 10.1. The van der Waals surface area contributed by atoms with E-state index in [1.807, 2.05) is 12.4 Å². The first kappa shape index (κ1) is 13.1. The Balaban J connectivity index is 2.49. The number of likely N-dealkylation sites (N-methyl/N-ethyl adjacent to an activating group) is 1. The van der Waals surface area contributed by atoms with Gasteiger partial charge < -0.3 is 10.2 Å². The average molecular weight is 221 g/mol. The van der Waals surface area contributed by atoms with Gasteiger partial charge in [0.05, 0.1) is 0 Å². The summed E-state index contributed by atoms with van der Waals surface area (Å²) in [5.74, 6) is 0. The van der Waals surface area contributed by atoms with Gasteiger partial charge in [-0.15, -0.1) is 0 Å². The highest BCUT2D eigenvalue weighted by Gasteiger charge is 2.09. The molecule has 1 aromatic heterocycles. The molecule has 0 spiro atoms. The summed E-state index contributed by atoms with van der Waals surface area (Å²) in [5, 5.41) is 3.59. The third-order valence-electron chi connectivity index (χ3n) is 2.50. The molecule has 90 valence electrons. The first-order valence-corrected chi connectivity index (χ1v) is 5.99. The summed E-state index contributed by atoms with van der Waals surface area (Å²) in [5.41, 5.74) is 1.35. The average Bonchev–Trinajstić information content (AvgIpc) is 2.26. The van der Waals surface area contributed by atoms with Crippen molar-refractivity contribution in [3.63, 3.8) is 0 Å². The van der Waals surface area contributed by atoms with Gasteiger partial charge in [0, 0.05) is 25.0 Å². The second kappa shape index (κ2) is 7.36. The van der Waals surface area contributed by atoms with Gasteiger partial charge in [-0.25, -0.2) is 0 Å². The van der Waals surface area contributed by atoms with Gasteiger partial charge in [0.1, 0.15) is 0 Å². The van der Waals surface area contributed by atoms with Crippen molar-refractivity contribution in [3.8, 4) is 0 Å². The van der Waals surface area contributed by atoms with Crippen LogP contribution in [-0.2, 0) is 6.42 Å². The maximum atomic E-state index is 4.04. The molecule has 0 radical (unpaired) electrons. The lowest BCUT2D eigenvalue weighted by Crippen LogP contribution is -2.40. The molecule has 0 fully saturated rings. The molecule has 1 aromatic rings. The summed E-state index contributed by atoms with van der Waals surface area (Å²) in [6.07, 6.45) is 5.98. The minimum absolute atomic E-state index is 0.525. The molecule has 1 unspecified atom stereocenters. The second-order valence-corrected chi connectivity index (χ2v) is 4.47. The lowest BCUT2D eigenvalue weighted by molar-refractivity contribution is 0.336. The Morgan fingerprint density at radius 3 is 2.56 bits per heavy atom. The molecule has 0 bridgehead atoms. The molecular weight excluding hydrogens is 198 g/mol. The van der Waals surface area contributed by atoms with E-state index < -0.39 is 0 Å². The molecular formula is C13H23N3. The molecule has 0 aliphatic carbocycles. The fraction of sp³-hybridized carbons (Fsp3) is 0.615. The fourth-order valence-corrected chi connectivity index (χ4v) is 1.79. The SMILES string of the molecule is CCCNC(Cc1ccncc1)CN(C)C. The monoisotopic (exact) mass is 221 g/mol. The van der Waals surface area contributed by atoms with Gasteiger partial charge in [-0.3, -0.25) is 4.98 Å². The Kier molecular flexibility index (Phi) is 6.04. The van der Waals surface area contributed by atoms with Crippen LogP contribution in [-0.4, -0.2) is 43.1 Å². The fourth-order valence-electron chi connectivity index (χ4n) is 1.79. The number of pyridine rings is 1. The number of nitrogens with zero attached hydrogens (tertiary/aromatic N) is 2. The van der Waals surface area contributed by atoms with Crippen molar-refractivity contribution >= 4 is 0 Å². The lowest BCUT2D eigenvalue weighted by Gasteiger charge is -2.22. The standard InChI is InChI=1S/C13H23N3/c1-4-7-15-13(11-16(2)3)10-12-5-8-14-9-6-12/h5-6,8-9,13,15H,4,7,10-11H2,1-3H3. The molecule has 1 heterocycles. The van der Waals surface area contributed by atoms with E-state index in [0.29, 0.717) is 6.04 Å². The molecule has 0 amide bonds. The third kappa shape index (κ3) is 5.24. The van der Waals surface area contributed by atoms with Crippen LogP contribution in [0.5, 0.6) is 0 Å². The molecule has 1 atom stereocenters. The molecule has 0 aliphatic rings. The van der Waals surface area contributed by atoms with Crippen LogP contribution in [0.3, 0.4) is 0 Å². The molecule has 3 nitrogen and oxygen atoms in total. The Morgan fingerprint density at radius 2 is 2.00 bits per heavy atom. The van der Waals surface area contributed by atoms with Crippen molar-refractivity contribution < 1.29 is 0 Å². The van der Waals surface area contributed by atoms with Crippen LogP contribution in [0.15, 0.2) is 24.5 Å². The molecule has 0 saturated carbocycles. The minimum atomic E-state index is 0.525. The summed E-state index contributed by atoms with van der Waals surface area (Å²) in [4.78, 5) is 6.28. The van der Waals surface area contributed by atoms with Gasteiger partial charge in [0.2, 0.25) is 0 Å². The summed E-state index contributed by atoms with van der Waals surface area (Å²) in [7, 11) is 4.24. The summed E-state index contributed by atoms with van der Waals surface area (Å²) in [6.45, 7) is 4.36. The van der Waals surface area contributed by atoms with Crippen molar-refractivity contribution in [2.24, 2.45) is 0 Å². The van der Waals surface area contributed by atoms with E-state index in [1.54, 1.807) is 0 Å². The van der Waals surface area contributed by atoms with Crippen molar-refractivity contribution in [1.29, 1.82) is 0 Å². The zero-order valence-electron chi connectivity index (χ0n) is 10.6. The largest absolute Gasteiger partial charge is 0.312 e. The van der Waals surface area contributed by atoms with Crippen molar-refractivity contribution in [1.82, 2.24) is 15.2 Å². The van der Waals surface area contributed by atoms with Crippen molar-refractivity contribution in [2.45, 2.75) is 25.8 Å². The van der Waals surface area contributed by atoms with Crippen LogP contribution in [0.2, 0.25) is 0 Å².